The summed E-state index contributed by atoms with van der Waals surface area (Å²) in [5.41, 5.74) is -0.0608. The molecule has 0 aliphatic carbocycles. The van der Waals surface area contributed by atoms with Crippen LogP contribution in [0, 0.1) is 0 Å². The molecular weight excluding hydrogens is 416 g/mol. The summed E-state index contributed by atoms with van der Waals surface area (Å²) in [6, 6.07) is 0. The molecule has 1 fully saturated rings. The highest BCUT2D eigenvalue weighted by Gasteiger charge is 2.43. The molecule has 0 amide bonds. The molecule has 1 aliphatic rings. The number of aromatic nitrogens is 4. The van der Waals surface area contributed by atoms with Gasteiger partial charge in [0.25, 0.3) is 5.56 Å². The van der Waals surface area contributed by atoms with Crippen molar-refractivity contribution in [3.05, 3.63) is 23.0 Å². The van der Waals surface area contributed by atoms with Gasteiger partial charge in [-0.15, -0.1) is 0 Å². The normalized spacial score (nSPS) is 22.8. The number of unbranched alkanes of at least 4 members (excludes halogenated alkanes) is 3. The van der Waals surface area contributed by atoms with Crippen LogP contribution < -0.4 is 5.56 Å². The lowest BCUT2D eigenvalue weighted by atomic mass is 10.1. The van der Waals surface area contributed by atoms with Gasteiger partial charge in [-0.1, -0.05) is 12.8 Å². The molecule has 0 saturated carbocycles. The molecule has 13 nitrogen and oxygen atoms in total. The number of carbonyl (C=O) groups is 2. The molecule has 172 valence electrons. The van der Waals surface area contributed by atoms with E-state index in [0.717, 1.165) is 12.8 Å². The van der Waals surface area contributed by atoms with E-state index < -0.39 is 48.6 Å². The van der Waals surface area contributed by atoms with Crippen LogP contribution in [-0.4, -0.2) is 81.9 Å². The first-order valence-electron chi connectivity index (χ1n) is 9.72. The Hall–Kier alpha value is -2.87. The fourth-order valence-electron chi connectivity index (χ4n) is 3.07. The molecular formula is C18H26N4O9. The Balaban J connectivity index is 0.000000248. The Labute approximate surface area is 176 Å². The van der Waals surface area contributed by atoms with Crippen molar-refractivity contribution >= 4 is 23.1 Å². The zero-order valence-electron chi connectivity index (χ0n) is 16.6. The molecule has 0 radical (unpaired) electrons. The number of aromatic amines is 1. The smallest absolute Gasteiger partial charge is 0.303 e. The fourth-order valence-corrected chi connectivity index (χ4v) is 3.07. The second-order valence-corrected chi connectivity index (χ2v) is 6.99. The second kappa shape index (κ2) is 11.5. The van der Waals surface area contributed by atoms with Crippen LogP contribution in [0.4, 0.5) is 0 Å². The van der Waals surface area contributed by atoms with Gasteiger partial charge in [0.2, 0.25) is 0 Å². The Morgan fingerprint density at radius 3 is 2.16 bits per heavy atom. The predicted octanol–water partition coefficient (Wildman–Crippen LogP) is -0.773. The number of imidazole rings is 1. The SMILES string of the molecule is O=C(O)CCCCCCC(=O)O.O=c1[nH]cnc2c1ncn2[C@@H]1O[C@H](CO)[C@@H](O)[C@H]1O. The number of nitrogens with one attached hydrogen (secondary N) is 1. The predicted molar refractivity (Wildman–Crippen MR) is 104 cm³/mol. The van der Waals surface area contributed by atoms with E-state index in [9.17, 15) is 24.6 Å². The van der Waals surface area contributed by atoms with Crippen LogP contribution in [0.15, 0.2) is 17.4 Å². The summed E-state index contributed by atoms with van der Waals surface area (Å²) in [7, 11) is 0. The lowest BCUT2D eigenvalue weighted by Gasteiger charge is -2.16. The lowest BCUT2D eigenvalue weighted by Crippen LogP contribution is -2.33. The number of aliphatic hydroxyl groups is 3. The van der Waals surface area contributed by atoms with E-state index >= 15 is 0 Å². The molecule has 6 N–H and O–H groups in total. The first-order valence-corrected chi connectivity index (χ1v) is 9.72. The number of carboxylic acid groups (broad SMARTS) is 2. The van der Waals surface area contributed by atoms with E-state index in [1.807, 2.05) is 0 Å². The van der Waals surface area contributed by atoms with Gasteiger partial charge in [-0.25, -0.2) is 9.97 Å². The summed E-state index contributed by atoms with van der Waals surface area (Å²) < 4.78 is 6.70. The Morgan fingerprint density at radius 2 is 1.65 bits per heavy atom. The molecule has 3 heterocycles. The minimum Gasteiger partial charge on any atom is -0.481 e. The van der Waals surface area contributed by atoms with E-state index in [2.05, 4.69) is 15.0 Å². The molecule has 13 heteroatoms. The maximum absolute atomic E-state index is 11.5. The minimum atomic E-state index is -1.24. The van der Waals surface area contributed by atoms with Gasteiger partial charge in [-0.05, 0) is 12.8 Å². The van der Waals surface area contributed by atoms with Crippen molar-refractivity contribution in [3.8, 4) is 0 Å². The number of fused-ring (bicyclic) bond motifs is 1. The van der Waals surface area contributed by atoms with Crippen LogP contribution in [0.25, 0.3) is 11.2 Å². The first-order chi connectivity index (χ1) is 14.8. The van der Waals surface area contributed by atoms with E-state index in [-0.39, 0.29) is 24.0 Å². The van der Waals surface area contributed by atoms with Gasteiger partial charge in [-0.3, -0.25) is 19.0 Å². The average Bonchev–Trinajstić information content (AvgIpc) is 3.27. The average molecular weight is 442 g/mol. The zero-order valence-corrected chi connectivity index (χ0v) is 16.6. The molecule has 1 saturated heterocycles. The quantitative estimate of drug-likeness (QED) is 0.266. The van der Waals surface area contributed by atoms with Crippen molar-refractivity contribution in [2.24, 2.45) is 0 Å². The summed E-state index contributed by atoms with van der Waals surface area (Å²) in [4.78, 5) is 41.8. The lowest BCUT2D eigenvalue weighted by molar-refractivity contribution is -0.138. The minimum absolute atomic E-state index is 0.111. The molecule has 2 aromatic rings. The number of ether oxygens (including phenoxy) is 1. The van der Waals surface area contributed by atoms with Crippen LogP contribution in [-0.2, 0) is 14.3 Å². The van der Waals surface area contributed by atoms with Gasteiger partial charge in [0, 0.05) is 12.8 Å². The van der Waals surface area contributed by atoms with Crippen molar-refractivity contribution in [1.29, 1.82) is 0 Å². The number of aliphatic carboxylic acids is 2. The third kappa shape index (κ3) is 6.55. The standard InChI is InChI=1S/C10H12N4O5.C8H14O4/c15-1-4-6(16)7(17)10(19-4)14-3-13-5-8(14)11-2-12-9(5)18;9-7(10)5-3-1-2-4-6-8(11)12/h2-4,6-7,10,15-17H,1H2,(H,11,12,18);1-6H2,(H,9,10)(H,11,12)/t4-,6-,7-,10-;/m1./s1. The molecule has 0 aromatic carbocycles. The van der Waals surface area contributed by atoms with Crippen molar-refractivity contribution < 1.29 is 39.9 Å². The zero-order chi connectivity index (χ0) is 23.0. The Morgan fingerprint density at radius 1 is 1.03 bits per heavy atom. The van der Waals surface area contributed by atoms with Crippen LogP contribution in [0.5, 0.6) is 0 Å². The molecule has 31 heavy (non-hydrogen) atoms. The summed E-state index contributed by atoms with van der Waals surface area (Å²) in [5, 5.41) is 45.2. The molecule has 4 atom stereocenters. The van der Waals surface area contributed by atoms with E-state index in [1.165, 1.54) is 17.2 Å². The molecule has 2 aromatic heterocycles. The van der Waals surface area contributed by atoms with Crippen LogP contribution in [0.2, 0.25) is 0 Å². The summed E-state index contributed by atoms with van der Waals surface area (Å²) in [5.74, 6) is -1.57. The number of nitrogens with zero attached hydrogens (tertiary/aromatic N) is 3. The van der Waals surface area contributed by atoms with Gasteiger partial charge >= 0.3 is 11.9 Å². The summed E-state index contributed by atoms with van der Waals surface area (Å²) in [6.45, 7) is -0.421. The summed E-state index contributed by atoms with van der Waals surface area (Å²) in [6.07, 6.45) is 1.50. The number of hydrogen-bond acceptors (Lipinski definition) is 9. The molecule has 0 unspecified atom stereocenters. The Bertz CT molecular complexity index is 910. The van der Waals surface area contributed by atoms with E-state index in [1.54, 1.807) is 0 Å². The largest absolute Gasteiger partial charge is 0.481 e. The monoisotopic (exact) mass is 442 g/mol. The third-order valence-corrected chi connectivity index (χ3v) is 4.69. The fraction of sp³-hybridized carbons (Fsp3) is 0.611. The second-order valence-electron chi connectivity index (χ2n) is 6.99. The molecule has 0 spiro atoms. The number of rotatable bonds is 9. The number of aliphatic hydroxyl groups excluding tert-OH is 3. The van der Waals surface area contributed by atoms with Gasteiger partial charge in [0.15, 0.2) is 17.4 Å². The van der Waals surface area contributed by atoms with Crippen molar-refractivity contribution in [1.82, 2.24) is 19.5 Å². The highest BCUT2D eigenvalue weighted by atomic mass is 16.6. The van der Waals surface area contributed by atoms with Gasteiger partial charge in [-0.2, -0.15) is 0 Å². The summed E-state index contributed by atoms with van der Waals surface area (Å²) >= 11 is 0. The van der Waals surface area contributed by atoms with Gasteiger partial charge in [0.1, 0.15) is 18.3 Å². The van der Waals surface area contributed by atoms with Gasteiger partial charge < -0.3 is 35.3 Å². The molecule has 1 aliphatic heterocycles. The van der Waals surface area contributed by atoms with E-state index in [4.69, 9.17) is 20.1 Å². The van der Waals surface area contributed by atoms with Crippen molar-refractivity contribution in [2.75, 3.05) is 6.61 Å². The molecule has 3 rings (SSSR count). The topological polar surface area (TPSA) is 208 Å². The van der Waals surface area contributed by atoms with Gasteiger partial charge in [0.05, 0.1) is 19.3 Å². The maximum atomic E-state index is 11.5. The number of carboxylic acids is 2. The van der Waals surface area contributed by atoms with Crippen LogP contribution in [0.1, 0.15) is 44.8 Å². The van der Waals surface area contributed by atoms with Crippen molar-refractivity contribution in [3.63, 3.8) is 0 Å². The maximum Gasteiger partial charge on any atom is 0.303 e. The Kier molecular flexibility index (Phi) is 9.05. The highest BCUT2D eigenvalue weighted by Crippen LogP contribution is 2.30. The van der Waals surface area contributed by atoms with Crippen LogP contribution in [0.3, 0.4) is 0 Å². The van der Waals surface area contributed by atoms with Crippen molar-refractivity contribution in [2.45, 2.75) is 63.1 Å². The highest BCUT2D eigenvalue weighted by molar-refractivity contribution is 5.69. The van der Waals surface area contributed by atoms with Crippen LogP contribution >= 0.6 is 0 Å². The first kappa shape index (κ1) is 24.4. The number of H-pyrrole nitrogens is 1. The molecule has 0 bridgehead atoms. The third-order valence-electron chi connectivity index (χ3n) is 4.69. The number of hydrogen-bond donors (Lipinski definition) is 6. The van der Waals surface area contributed by atoms with E-state index in [0.29, 0.717) is 12.8 Å².